The van der Waals surface area contributed by atoms with E-state index in [0.29, 0.717) is 5.03 Å². The van der Waals surface area contributed by atoms with Gasteiger partial charge in [0.15, 0.2) is 9.84 Å². The van der Waals surface area contributed by atoms with Crippen LogP contribution >= 0.6 is 23.2 Å². The molecule has 1 saturated heterocycles. The molecule has 0 bridgehead atoms. The van der Waals surface area contributed by atoms with Crippen LogP contribution in [0.25, 0.3) is 0 Å². The monoisotopic (exact) mass is 226 g/mol. The third-order valence-corrected chi connectivity index (χ3v) is 5.27. The molecule has 1 aliphatic carbocycles. The summed E-state index contributed by atoms with van der Waals surface area (Å²) in [5.74, 6) is 0.490. The summed E-state index contributed by atoms with van der Waals surface area (Å²) in [6.07, 6.45) is 1.79. The number of hydrogen-bond acceptors (Lipinski definition) is 2. The van der Waals surface area contributed by atoms with Gasteiger partial charge >= 0.3 is 0 Å². The normalized spacial score (nSPS) is 44.2. The number of rotatable bonds is 0. The summed E-state index contributed by atoms with van der Waals surface area (Å²) in [6, 6.07) is 0. The lowest BCUT2D eigenvalue weighted by molar-refractivity contribution is 0.539. The minimum absolute atomic E-state index is 0.0177. The molecule has 3 unspecified atom stereocenters. The van der Waals surface area contributed by atoms with E-state index < -0.39 is 9.84 Å². The van der Waals surface area contributed by atoms with Gasteiger partial charge in [-0.3, -0.25) is 0 Å². The highest BCUT2D eigenvalue weighted by Crippen LogP contribution is 2.42. The van der Waals surface area contributed by atoms with E-state index in [4.69, 9.17) is 23.2 Å². The third-order valence-electron chi connectivity index (χ3n) is 2.46. The maximum Gasteiger partial charge on any atom is 0.151 e. The molecular weight excluding hydrogens is 219 g/mol. The Morgan fingerprint density at radius 1 is 1.42 bits per heavy atom. The van der Waals surface area contributed by atoms with Crippen molar-refractivity contribution in [1.82, 2.24) is 0 Å². The van der Waals surface area contributed by atoms with Crippen LogP contribution < -0.4 is 0 Å². The summed E-state index contributed by atoms with van der Waals surface area (Å²) in [6.45, 7) is 0. The molecule has 0 aromatic heterocycles. The van der Waals surface area contributed by atoms with Gasteiger partial charge in [0, 0.05) is 11.0 Å². The van der Waals surface area contributed by atoms with Crippen LogP contribution in [0.2, 0.25) is 0 Å². The Morgan fingerprint density at radius 3 is 2.67 bits per heavy atom. The van der Waals surface area contributed by atoms with Gasteiger partial charge in [0.05, 0.1) is 16.9 Å². The van der Waals surface area contributed by atoms with Crippen molar-refractivity contribution in [3.8, 4) is 0 Å². The van der Waals surface area contributed by atoms with Crippen molar-refractivity contribution in [2.75, 3.05) is 11.5 Å². The Labute approximate surface area is 81.5 Å². The number of hydrogen-bond donors (Lipinski definition) is 0. The van der Waals surface area contributed by atoms with Gasteiger partial charge in [0.2, 0.25) is 0 Å². The van der Waals surface area contributed by atoms with Crippen LogP contribution in [-0.4, -0.2) is 25.3 Å². The lowest BCUT2D eigenvalue weighted by Gasteiger charge is -2.10. The number of sulfone groups is 1. The predicted molar refractivity (Wildman–Crippen MR) is 49.2 cm³/mol. The van der Waals surface area contributed by atoms with Crippen molar-refractivity contribution < 1.29 is 8.42 Å². The second-order valence-corrected chi connectivity index (χ2v) is 6.42. The molecule has 12 heavy (non-hydrogen) atoms. The van der Waals surface area contributed by atoms with Crippen molar-refractivity contribution in [3.05, 3.63) is 11.1 Å². The number of halogens is 2. The molecule has 2 rings (SSSR count). The van der Waals surface area contributed by atoms with E-state index in [1.165, 1.54) is 0 Å². The number of fused-ring (bicyclic) bond motifs is 1. The molecule has 0 amide bonds. The Balaban J connectivity index is 2.31. The minimum atomic E-state index is -2.85. The molecule has 68 valence electrons. The van der Waals surface area contributed by atoms with E-state index in [9.17, 15) is 8.42 Å². The molecule has 0 aromatic rings. The molecule has 5 heteroatoms. The number of allylic oxidation sites excluding steroid dienone is 2. The van der Waals surface area contributed by atoms with Gasteiger partial charge in [0.1, 0.15) is 0 Å². The molecular formula is C7H8Cl2O2S. The van der Waals surface area contributed by atoms with Crippen LogP contribution in [0.1, 0.15) is 0 Å². The molecule has 0 spiro atoms. The fourth-order valence-corrected chi connectivity index (χ4v) is 4.75. The Hall–Kier alpha value is 0.270. The molecule has 0 saturated carbocycles. The summed E-state index contributed by atoms with van der Waals surface area (Å²) in [5.41, 5.74) is 0. The topological polar surface area (TPSA) is 34.1 Å². The van der Waals surface area contributed by atoms with Crippen molar-refractivity contribution in [1.29, 1.82) is 0 Å². The van der Waals surface area contributed by atoms with Gasteiger partial charge in [-0.05, 0) is 5.92 Å². The highest BCUT2D eigenvalue weighted by molar-refractivity contribution is 7.91. The molecule has 3 atom stereocenters. The average Bonchev–Trinajstić information content (AvgIpc) is 2.33. The molecule has 0 aromatic carbocycles. The van der Waals surface area contributed by atoms with Crippen LogP contribution in [0.3, 0.4) is 0 Å². The SMILES string of the molecule is O=S1(=O)CC2C=C(Cl)C(Cl)C2C1. The lowest BCUT2D eigenvalue weighted by atomic mass is 10.0. The summed E-state index contributed by atoms with van der Waals surface area (Å²) in [5, 5.41) is 0.329. The Kier molecular flexibility index (Phi) is 1.94. The van der Waals surface area contributed by atoms with Crippen LogP contribution in [0.5, 0.6) is 0 Å². The van der Waals surface area contributed by atoms with Gasteiger partial charge in [-0.2, -0.15) is 0 Å². The van der Waals surface area contributed by atoms with Crippen LogP contribution in [0.4, 0.5) is 0 Å². The van der Waals surface area contributed by atoms with Crippen molar-refractivity contribution in [2.24, 2.45) is 11.8 Å². The second kappa shape index (κ2) is 2.63. The van der Waals surface area contributed by atoms with E-state index in [1.807, 2.05) is 0 Å². The van der Waals surface area contributed by atoms with Crippen molar-refractivity contribution in [3.63, 3.8) is 0 Å². The second-order valence-electron chi connectivity index (χ2n) is 3.36. The van der Waals surface area contributed by atoms with Crippen LogP contribution in [-0.2, 0) is 9.84 Å². The fraction of sp³-hybridized carbons (Fsp3) is 0.714. The molecule has 2 aliphatic rings. The van der Waals surface area contributed by atoms with E-state index in [-0.39, 0.29) is 28.7 Å². The van der Waals surface area contributed by atoms with Gasteiger partial charge in [-0.25, -0.2) is 8.42 Å². The average molecular weight is 227 g/mol. The third kappa shape index (κ3) is 1.28. The number of alkyl halides is 1. The zero-order valence-electron chi connectivity index (χ0n) is 6.20. The van der Waals surface area contributed by atoms with Gasteiger partial charge in [0.25, 0.3) is 0 Å². The summed E-state index contributed by atoms with van der Waals surface area (Å²) in [4.78, 5) is 0. The van der Waals surface area contributed by atoms with Gasteiger partial charge < -0.3 is 0 Å². The van der Waals surface area contributed by atoms with Crippen LogP contribution in [0, 0.1) is 11.8 Å². The Bertz CT molecular complexity index is 333. The maximum atomic E-state index is 11.2. The summed E-state index contributed by atoms with van der Waals surface area (Å²) >= 11 is 11.7. The van der Waals surface area contributed by atoms with Gasteiger partial charge in [-0.1, -0.05) is 17.7 Å². The first-order valence-electron chi connectivity index (χ1n) is 3.71. The minimum Gasteiger partial charge on any atom is -0.229 e. The van der Waals surface area contributed by atoms with Crippen molar-refractivity contribution in [2.45, 2.75) is 5.38 Å². The summed E-state index contributed by atoms with van der Waals surface area (Å²) in [7, 11) is -2.85. The first kappa shape index (κ1) is 8.85. The zero-order chi connectivity index (χ0) is 8.93. The molecule has 1 fully saturated rings. The lowest BCUT2D eigenvalue weighted by Crippen LogP contribution is -2.15. The Morgan fingerprint density at radius 2 is 2.08 bits per heavy atom. The quantitative estimate of drug-likeness (QED) is 0.586. The highest BCUT2D eigenvalue weighted by Gasteiger charge is 2.45. The maximum absolute atomic E-state index is 11.2. The highest BCUT2D eigenvalue weighted by atomic mass is 35.5. The van der Waals surface area contributed by atoms with E-state index in [2.05, 4.69) is 0 Å². The largest absolute Gasteiger partial charge is 0.229 e. The first-order chi connectivity index (χ1) is 5.49. The van der Waals surface area contributed by atoms with Gasteiger partial charge in [-0.15, -0.1) is 11.6 Å². The van der Waals surface area contributed by atoms with Crippen LogP contribution in [0.15, 0.2) is 11.1 Å². The standard InChI is InChI=1S/C7H8Cl2O2S/c8-6-1-4-2-12(10,11)3-5(4)7(6)9/h1,4-5,7H,2-3H2. The van der Waals surface area contributed by atoms with E-state index >= 15 is 0 Å². The molecule has 0 N–H and O–H groups in total. The predicted octanol–water partition coefficient (Wildman–Crippen LogP) is 1.39. The zero-order valence-corrected chi connectivity index (χ0v) is 8.53. The van der Waals surface area contributed by atoms with Crippen molar-refractivity contribution >= 4 is 33.0 Å². The smallest absolute Gasteiger partial charge is 0.151 e. The molecule has 1 heterocycles. The molecule has 1 aliphatic heterocycles. The van der Waals surface area contributed by atoms with E-state index in [0.717, 1.165) is 0 Å². The molecule has 0 radical (unpaired) electrons. The molecule has 2 nitrogen and oxygen atoms in total. The fourth-order valence-electron chi connectivity index (χ4n) is 1.88. The summed E-state index contributed by atoms with van der Waals surface area (Å²) < 4.78 is 22.3. The first-order valence-corrected chi connectivity index (χ1v) is 6.35. The van der Waals surface area contributed by atoms with E-state index in [1.54, 1.807) is 6.08 Å².